The summed E-state index contributed by atoms with van der Waals surface area (Å²) in [6.45, 7) is 6.57. The van der Waals surface area contributed by atoms with Crippen molar-refractivity contribution in [3.63, 3.8) is 0 Å². The van der Waals surface area contributed by atoms with Crippen LogP contribution >= 0.6 is 0 Å². The molecule has 0 amide bonds. The summed E-state index contributed by atoms with van der Waals surface area (Å²) in [4.78, 5) is 0. The second-order valence-corrected chi connectivity index (χ2v) is 4.87. The summed E-state index contributed by atoms with van der Waals surface area (Å²) in [6.07, 6.45) is 7.73. The van der Waals surface area contributed by atoms with Gasteiger partial charge in [0.15, 0.2) is 0 Å². The predicted octanol–water partition coefficient (Wildman–Crippen LogP) is 4.64. The number of unbranched alkanes of at least 4 members (excludes halogenated alkanes) is 1. The molecule has 0 unspecified atom stereocenters. The maximum absolute atomic E-state index is 10.2. The SMILES string of the molecule is CCCCc1cc(CCC)cc(CCC)c1O. The highest BCUT2D eigenvalue weighted by molar-refractivity contribution is 5.44. The van der Waals surface area contributed by atoms with Gasteiger partial charge in [-0.05, 0) is 42.4 Å². The van der Waals surface area contributed by atoms with Crippen molar-refractivity contribution in [2.24, 2.45) is 0 Å². The summed E-state index contributed by atoms with van der Waals surface area (Å²) in [6, 6.07) is 4.39. The van der Waals surface area contributed by atoms with Crippen molar-refractivity contribution >= 4 is 0 Å². The average Bonchev–Trinajstić information content (AvgIpc) is 2.32. The Morgan fingerprint density at radius 1 is 0.824 bits per heavy atom. The Bertz CT molecular complexity index is 342. The molecule has 0 spiro atoms. The molecule has 0 saturated heterocycles. The van der Waals surface area contributed by atoms with Crippen molar-refractivity contribution < 1.29 is 5.11 Å². The van der Waals surface area contributed by atoms with Gasteiger partial charge in [0, 0.05) is 0 Å². The fourth-order valence-corrected chi connectivity index (χ4v) is 2.28. The Labute approximate surface area is 106 Å². The van der Waals surface area contributed by atoms with E-state index >= 15 is 0 Å². The Kier molecular flexibility index (Phi) is 6.10. The molecule has 0 fully saturated rings. The summed E-state index contributed by atoms with van der Waals surface area (Å²) >= 11 is 0. The monoisotopic (exact) mass is 234 g/mol. The first-order valence-electron chi connectivity index (χ1n) is 7.06. The van der Waals surface area contributed by atoms with Crippen LogP contribution in [-0.4, -0.2) is 5.11 Å². The number of benzene rings is 1. The smallest absolute Gasteiger partial charge is 0.121 e. The van der Waals surface area contributed by atoms with E-state index in [1.54, 1.807) is 0 Å². The van der Waals surface area contributed by atoms with E-state index in [0.717, 1.165) is 43.2 Å². The number of aromatic hydroxyl groups is 1. The topological polar surface area (TPSA) is 20.2 Å². The van der Waals surface area contributed by atoms with Crippen molar-refractivity contribution in [2.45, 2.75) is 65.7 Å². The maximum Gasteiger partial charge on any atom is 0.121 e. The van der Waals surface area contributed by atoms with E-state index in [2.05, 4.69) is 32.9 Å². The first-order valence-corrected chi connectivity index (χ1v) is 7.06. The third kappa shape index (κ3) is 4.07. The Hall–Kier alpha value is -0.980. The largest absolute Gasteiger partial charge is 0.507 e. The summed E-state index contributed by atoms with van der Waals surface area (Å²) < 4.78 is 0. The van der Waals surface area contributed by atoms with Crippen LogP contribution in [0.25, 0.3) is 0 Å². The first kappa shape index (κ1) is 14.1. The van der Waals surface area contributed by atoms with Crippen molar-refractivity contribution in [3.8, 4) is 5.75 Å². The molecule has 1 rings (SSSR count). The number of aryl methyl sites for hydroxylation is 3. The lowest BCUT2D eigenvalue weighted by Crippen LogP contribution is -1.96. The molecule has 0 heterocycles. The van der Waals surface area contributed by atoms with Gasteiger partial charge in [0.25, 0.3) is 0 Å². The van der Waals surface area contributed by atoms with Crippen molar-refractivity contribution in [2.75, 3.05) is 0 Å². The van der Waals surface area contributed by atoms with Gasteiger partial charge < -0.3 is 5.11 Å². The van der Waals surface area contributed by atoms with E-state index < -0.39 is 0 Å². The first-order chi connectivity index (χ1) is 8.22. The molecule has 0 atom stereocenters. The predicted molar refractivity (Wildman–Crippen MR) is 74.7 cm³/mol. The Morgan fingerprint density at radius 2 is 1.41 bits per heavy atom. The molecule has 1 aromatic rings. The molecule has 0 aliphatic rings. The molecule has 17 heavy (non-hydrogen) atoms. The highest BCUT2D eigenvalue weighted by atomic mass is 16.3. The number of phenols is 1. The molecule has 1 N–H and O–H groups in total. The van der Waals surface area contributed by atoms with Gasteiger partial charge in [-0.3, -0.25) is 0 Å². The quantitative estimate of drug-likeness (QED) is 0.728. The molecule has 0 aromatic heterocycles. The van der Waals surface area contributed by atoms with E-state index in [1.165, 1.54) is 18.4 Å². The molecule has 0 saturated carbocycles. The molecule has 0 aliphatic heterocycles. The van der Waals surface area contributed by atoms with Crippen molar-refractivity contribution in [1.29, 1.82) is 0 Å². The van der Waals surface area contributed by atoms with Crippen LogP contribution in [0.1, 0.15) is 63.1 Å². The molecule has 96 valence electrons. The highest BCUT2D eigenvalue weighted by Gasteiger charge is 2.09. The van der Waals surface area contributed by atoms with Crippen LogP contribution in [-0.2, 0) is 19.3 Å². The van der Waals surface area contributed by atoms with E-state index in [1.807, 2.05) is 0 Å². The zero-order chi connectivity index (χ0) is 12.7. The van der Waals surface area contributed by atoms with Gasteiger partial charge in [0.2, 0.25) is 0 Å². The van der Waals surface area contributed by atoms with Crippen molar-refractivity contribution in [1.82, 2.24) is 0 Å². The van der Waals surface area contributed by atoms with Gasteiger partial charge in [-0.15, -0.1) is 0 Å². The van der Waals surface area contributed by atoms with E-state index in [-0.39, 0.29) is 0 Å². The second-order valence-electron chi connectivity index (χ2n) is 4.87. The van der Waals surface area contributed by atoms with Crippen LogP contribution in [0.2, 0.25) is 0 Å². The minimum atomic E-state index is 0.556. The van der Waals surface area contributed by atoms with Crippen LogP contribution < -0.4 is 0 Å². The molecule has 0 aliphatic carbocycles. The zero-order valence-electron chi connectivity index (χ0n) is 11.6. The van der Waals surface area contributed by atoms with Gasteiger partial charge in [0.05, 0.1) is 0 Å². The Balaban J connectivity index is 2.99. The fraction of sp³-hybridized carbons (Fsp3) is 0.625. The maximum atomic E-state index is 10.2. The van der Waals surface area contributed by atoms with Gasteiger partial charge in [-0.1, -0.05) is 52.2 Å². The standard InChI is InChI=1S/C16H26O/c1-4-7-10-15-12-13(8-5-2)11-14(9-6-3)16(15)17/h11-12,17H,4-10H2,1-3H3. The zero-order valence-corrected chi connectivity index (χ0v) is 11.6. The highest BCUT2D eigenvalue weighted by Crippen LogP contribution is 2.28. The number of phenolic OH excluding ortho intramolecular Hbond substituents is 1. The van der Waals surface area contributed by atoms with Crippen LogP contribution in [0.3, 0.4) is 0 Å². The van der Waals surface area contributed by atoms with E-state index in [4.69, 9.17) is 0 Å². The van der Waals surface area contributed by atoms with Crippen molar-refractivity contribution in [3.05, 3.63) is 28.8 Å². The van der Waals surface area contributed by atoms with Crippen LogP contribution in [0.4, 0.5) is 0 Å². The summed E-state index contributed by atoms with van der Waals surface area (Å²) in [7, 11) is 0. The lowest BCUT2D eigenvalue weighted by Gasteiger charge is -2.12. The van der Waals surface area contributed by atoms with Gasteiger partial charge in [-0.2, -0.15) is 0 Å². The molecule has 1 nitrogen and oxygen atoms in total. The molecular formula is C16H26O. The van der Waals surface area contributed by atoms with E-state index in [0.29, 0.717) is 5.75 Å². The minimum Gasteiger partial charge on any atom is -0.507 e. The van der Waals surface area contributed by atoms with Crippen LogP contribution in [0, 0.1) is 0 Å². The van der Waals surface area contributed by atoms with Crippen LogP contribution in [0.5, 0.6) is 5.75 Å². The molecule has 0 bridgehead atoms. The van der Waals surface area contributed by atoms with Gasteiger partial charge in [-0.25, -0.2) is 0 Å². The second kappa shape index (κ2) is 7.37. The number of hydrogen-bond donors (Lipinski definition) is 1. The lowest BCUT2D eigenvalue weighted by atomic mass is 9.96. The minimum absolute atomic E-state index is 0.556. The summed E-state index contributed by atoms with van der Waals surface area (Å²) in [5.41, 5.74) is 3.69. The number of rotatable bonds is 7. The summed E-state index contributed by atoms with van der Waals surface area (Å²) in [5, 5.41) is 10.2. The number of hydrogen-bond acceptors (Lipinski definition) is 1. The average molecular weight is 234 g/mol. The third-order valence-corrected chi connectivity index (χ3v) is 3.19. The normalized spacial score (nSPS) is 10.8. The van der Waals surface area contributed by atoms with Gasteiger partial charge in [0.1, 0.15) is 5.75 Å². The fourth-order valence-electron chi connectivity index (χ4n) is 2.28. The van der Waals surface area contributed by atoms with E-state index in [9.17, 15) is 5.11 Å². The summed E-state index contributed by atoms with van der Waals surface area (Å²) in [5.74, 6) is 0.556. The van der Waals surface area contributed by atoms with Gasteiger partial charge >= 0.3 is 0 Å². The lowest BCUT2D eigenvalue weighted by molar-refractivity contribution is 0.459. The Morgan fingerprint density at radius 3 is 1.94 bits per heavy atom. The molecule has 1 heteroatoms. The molecular weight excluding hydrogens is 208 g/mol. The van der Waals surface area contributed by atoms with Crippen LogP contribution in [0.15, 0.2) is 12.1 Å². The third-order valence-electron chi connectivity index (χ3n) is 3.19. The molecule has 0 radical (unpaired) electrons. The molecule has 1 aromatic carbocycles.